The van der Waals surface area contributed by atoms with Crippen LogP contribution in [0.1, 0.15) is 31.5 Å². The summed E-state index contributed by atoms with van der Waals surface area (Å²) in [7, 11) is 0. The highest BCUT2D eigenvalue weighted by Gasteiger charge is 2.45. The minimum absolute atomic E-state index is 0.114. The Morgan fingerprint density at radius 2 is 1.94 bits per heavy atom. The van der Waals surface area contributed by atoms with E-state index < -0.39 is 5.41 Å². The Balaban J connectivity index is 1.62. The van der Waals surface area contributed by atoms with Gasteiger partial charge in [0.05, 0.1) is 11.1 Å². The summed E-state index contributed by atoms with van der Waals surface area (Å²) in [6.45, 7) is 6.42. The molecule has 1 atom stereocenters. The molecule has 3 heterocycles. The van der Waals surface area contributed by atoms with E-state index in [9.17, 15) is 4.79 Å². The predicted molar refractivity (Wildman–Crippen MR) is 123 cm³/mol. The van der Waals surface area contributed by atoms with Crippen LogP contribution in [0.4, 0.5) is 0 Å². The van der Waals surface area contributed by atoms with Crippen molar-refractivity contribution in [1.29, 1.82) is 0 Å². The van der Waals surface area contributed by atoms with Gasteiger partial charge in [0.2, 0.25) is 5.91 Å². The highest BCUT2D eigenvalue weighted by Crippen LogP contribution is 2.38. The molecule has 5 nitrogen and oxygen atoms in total. The van der Waals surface area contributed by atoms with E-state index in [1.165, 1.54) is 5.56 Å². The summed E-state index contributed by atoms with van der Waals surface area (Å²) in [5.74, 6) is 0.145. The van der Waals surface area contributed by atoms with Crippen molar-refractivity contribution in [3.63, 3.8) is 0 Å². The number of nitrogens with one attached hydrogen (secondary N) is 1. The van der Waals surface area contributed by atoms with Gasteiger partial charge in [0.25, 0.3) is 0 Å². The fourth-order valence-electron chi connectivity index (χ4n) is 4.48. The average molecular weight is 415 g/mol. The van der Waals surface area contributed by atoms with Crippen LogP contribution in [0.2, 0.25) is 0 Å². The smallest absolute Gasteiger partial charge is 0.228 e. The summed E-state index contributed by atoms with van der Waals surface area (Å²) < 4.78 is 0. The number of pyridine rings is 2. The highest BCUT2D eigenvalue weighted by atomic mass is 16.2. The quantitative estimate of drug-likeness (QED) is 0.632. The van der Waals surface area contributed by atoms with Crippen molar-refractivity contribution in [3.8, 4) is 11.1 Å². The summed E-state index contributed by atoms with van der Waals surface area (Å²) in [6, 6.07) is 18.5. The second-order valence-corrected chi connectivity index (χ2v) is 8.77. The first kappa shape index (κ1) is 21.2. The molecule has 1 saturated heterocycles. The third-order valence-electron chi connectivity index (χ3n) is 5.96. The second kappa shape index (κ2) is 9.40. The maximum absolute atomic E-state index is 13.5. The van der Waals surface area contributed by atoms with E-state index in [0.29, 0.717) is 6.42 Å². The zero-order valence-electron chi connectivity index (χ0n) is 18.3. The molecule has 0 aliphatic carbocycles. The summed E-state index contributed by atoms with van der Waals surface area (Å²) >= 11 is 0. The lowest BCUT2D eigenvalue weighted by molar-refractivity contribution is -0.131. The van der Waals surface area contributed by atoms with Gasteiger partial charge in [0.15, 0.2) is 0 Å². The summed E-state index contributed by atoms with van der Waals surface area (Å²) in [6.07, 6.45) is 7.04. The fourth-order valence-corrected chi connectivity index (χ4v) is 4.48. The number of nitrogens with zero attached hydrogens (tertiary/aromatic N) is 3. The minimum Gasteiger partial charge on any atom is -0.353 e. The zero-order valence-corrected chi connectivity index (χ0v) is 18.3. The molecule has 0 spiro atoms. The van der Waals surface area contributed by atoms with E-state index in [1.54, 1.807) is 6.20 Å². The number of hydrogen-bond acceptors (Lipinski definition) is 4. The van der Waals surface area contributed by atoms with Crippen LogP contribution in [0.25, 0.3) is 11.1 Å². The Kier molecular flexibility index (Phi) is 6.42. The maximum Gasteiger partial charge on any atom is 0.228 e. The van der Waals surface area contributed by atoms with Gasteiger partial charge in [-0.25, -0.2) is 0 Å². The molecule has 0 radical (unpaired) electrons. The van der Waals surface area contributed by atoms with Gasteiger partial charge in [-0.3, -0.25) is 19.7 Å². The maximum atomic E-state index is 13.5. The molecular weight excluding hydrogens is 384 g/mol. The molecule has 31 heavy (non-hydrogen) atoms. The van der Waals surface area contributed by atoms with Gasteiger partial charge in [-0.15, -0.1) is 0 Å². The Morgan fingerprint density at radius 3 is 2.68 bits per heavy atom. The Labute approximate surface area is 184 Å². The normalized spacial score (nSPS) is 18.9. The fraction of sp³-hybridized carbons (Fsp3) is 0.346. The number of amides is 1. The van der Waals surface area contributed by atoms with Gasteiger partial charge in [-0.05, 0) is 62.6 Å². The lowest BCUT2D eigenvalue weighted by atomic mass is 9.78. The SMILES string of the molecule is CC(C)NC(=O)[C@@]1(Cc2ccccc2-c2cccnc2)CCN(Cc2ccccn2)C1. The number of benzene rings is 1. The van der Waals surface area contributed by atoms with Crippen molar-refractivity contribution in [2.75, 3.05) is 13.1 Å². The lowest BCUT2D eigenvalue weighted by Crippen LogP contribution is -2.46. The van der Waals surface area contributed by atoms with E-state index in [1.807, 2.05) is 50.5 Å². The molecule has 0 unspecified atom stereocenters. The molecule has 1 fully saturated rings. The molecule has 0 bridgehead atoms. The molecule has 3 aromatic rings. The Morgan fingerprint density at radius 1 is 1.10 bits per heavy atom. The Bertz CT molecular complexity index is 1010. The van der Waals surface area contributed by atoms with Crippen LogP contribution >= 0.6 is 0 Å². The van der Waals surface area contributed by atoms with Crippen molar-refractivity contribution < 1.29 is 4.79 Å². The van der Waals surface area contributed by atoms with Gasteiger partial charge in [0, 0.05) is 43.3 Å². The van der Waals surface area contributed by atoms with Gasteiger partial charge in [-0.1, -0.05) is 36.4 Å². The number of carbonyl (C=O) groups is 1. The molecule has 1 amide bonds. The monoisotopic (exact) mass is 414 g/mol. The second-order valence-electron chi connectivity index (χ2n) is 8.77. The molecule has 2 aromatic heterocycles. The molecular formula is C26H30N4O. The van der Waals surface area contributed by atoms with Crippen molar-refractivity contribution in [3.05, 3.63) is 84.4 Å². The highest BCUT2D eigenvalue weighted by molar-refractivity contribution is 5.84. The number of hydrogen-bond donors (Lipinski definition) is 1. The zero-order chi connectivity index (χ0) is 21.7. The summed E-state index contributed by atoms with van der Waals surface area (Å²) in [5, 5.41) is 3.20. The number of carbonyl (C=O) groups excluding carboxylic acids is 1. The first-order valence-electron chi connectivity index (χ1n) is 11.0. The van der Waals surface area contributed by atoms with Crippen molar-refractivity contribution in [2.24, 2.45) is 5.41 Å². The van der Waals surface area contributed by atoms with E-state index in [0.717, 1.165) is 42.9 Å². The molecule has 4 rings (SSSR count). The van der Waals surface area contributed by atoms with E-state index in [4.69, 9.17) is 0 Å². The van der Waals surface area contributed by atoms with Crippen molar-refractivity contribution in [2.45, 2.75) is 39.3 Å². The minimum atomic E-state index is -0.461. The van der Waals surface area contributed by atoms with E-state index >= 15 is 0 Å². The van der Waals surface area contributed by atoms with Crippen molar-refractivity contribution >= 4 is 5.91 Å². The molecule has 1 aromatic carbocycles. The molecule has 160 valence electrons. The number of rotatable bonds is 7. The molecule has 1 N–H and O–H groups in total. The first-order valence-corrected chi connectivity index (χ1v) is 11.0. The van der Waals surface area contributed by atoms with Gasteiger partial charge < -0.3 is 5.32 Å². The Hall–Kier alpha value is -3.05. The molecule has 0 saturated carbocycles. The third-order valence-corrected chi connectivity index (χ3v) is 5.96. The van der Waals surface area contributed by atoms with Crippen LogP contribution in [0.3, 0.4) is 0 Å². The average Bonchev–Trinajstić information content (AvgIpc) is 3.19. The summed E-state index contributed by atoms with van der Waals surface area (Å²) in [5.41, 5.74) is 4.00. The number of aromatic nitrogens is 2. The summed E-state index contributed by atoms with van der Waals surface area (Å²) in [4.78, 5) is 24.6. The van der Waals surface area contributed by atoms with Crippen LogP contribution in [0, 0.1) is 5.41 Å². The lowest BCUT2D eigenvalue weighted by Gasteiger charge is -2.30. The van der Waals surface area contributed by atoms with Crippen LogP contribution in [-0.4, -0.2) is 39.9 Å². The van der Waals surface area contributed by atoms with E-state index in [-0.39, 0.29) is 11.9 Å². The molecule has 1 aliphatic rings. The standard InChI is InChI=1S/C26H30N4O/c1-20(2)29-25(31)26(12-15-30(19-26)18-23-10-5-6-14-28-23)16-21-8-3-4-11-24(21)22-9-7-13-27-17-22/h3-11,13-14,17,20H,12,15-16,18-19H2,1-2H3,(H,29,31)/t26-/m1/s1. The first-order chi connectivity index (χ1) is 15.1. The van der Waals surface area contributed by atoms with Gasteiger partial charge >= 0.3 is 0 Å². The van der Waals surface area contributed by atoms with E-state index in [2.05, 4.69) is 50.5 Å². The third kappa shape index (κ3) is 5.00. The van der Waals surface area contributed by atoms with Crippen molar-refractivity contribution in [1.82, 2.24) is 20.2 Å². The van der Waals surface area contributed by atoms with Crippen LogP contribution in [0.15, 0.2) is 73.2 Å². The largest absolute Gasteiger partial charge is 0.353 e. The molecule has 1 aliphatic heterocycles. The van der Waals surface area contributed by atoms with Gasteiger partial charge in [0.1, 0.15) is 0 Å². The van der Waals surface area contributed by atoms with Crippen LogP contribution < -0.4 is 5.32 Å². The van der Waals surface area contributed by atoms with Gasteiger partial charge in [-0.2, -0.15) is 0 Å². The predicted octanol–water partition coefficient (Wildman–Crippen LogP) is 4.10. The topological polar surface area (TPSA) is 58.1 Å². The molecule has 5 heteroatoms. The number of likely N-dealkylation sites (tertiary alicyclic amines) is 1. The van der Waals surface area contributed by atoms with Crippen LogP contribution in [-0.2, 0) is 17.8 Å². The van der Waals surface area contributed by atoms with Crippen LogP contribution in [0.5, 0.6) is 0 Å².